The molecule has 0 aliphatic heterocycles. The van der Waals surface area contributed by atoms with Crippen LogP contribution < -0.4 is 0 Å². The summed E-state index contributed by atoms with van der Waals surface area (Å²) in [5, 5.41) is 10.1. The molecule has 0 amide bonds. The molecule has 3 aromatic carbocycles. The van der Waals surface area contributed by atoms with Gasteiger partial charge in [0.15, 0.2) is 11.6 Å². The van der Waals surface area contributed by atoms with E-state index < -0.39 is 21.7 Å². The topological polar surface area (TPSA) is 109 Å². The summed E-state index contributed by atoms with van der Waals surface area (Å²) >= 11 is 0. The Hall–Kier alpha value is -3.29. The summed E-state index contributed by atoms with van der Waals surface area (Å²) < 4.78 is 33.3. The van der Waals surface area contributed by atoms with Gasteiger partial charge in [-0.3, -0.25) is 14.1 Å². The second kappa shape index (κ2) is 6.37. The van der Waals surface area contributed by atoms with Gasteiger partial charge in [-0.25, -0.2) is 0 Å². The minimum Gasteiger partial charge on any atom is -0.507 e. The van der Waals surface area contributed by atoms with Crippen LogP contribution >= 0.6 is 0 Å². The second-order valence-electron chi connectivity index (χ2n) is 7.05. The monoisotopic (exact) mass is 408 g/mol. The lowest BCUT2D eigenvalue weighted by atomic mass is 9.80. The summed E-state index contributed by atoms with van der Waals surface area (Å²) in [4.78, 5) is 25.8. The third-order valence-electron chi connectivity index (χ3n) is 5.05. The number of hydrogen-bond acceptors (Lipinski definition) is 5. The van der Waals surface area contributed by atoms with Gasteiger partial charge in [-0.15, -0.1) is 0 Å². The van der Waals surface area contributed by atoms with Gasteiger partial charge in [0.25, 0.3) is 10.1 Å². The van der Waals surface area contributed by atoms with E-state index in [9.17, 15) is 27.7 Å². The van der Waals surface area contributed by atoms with Gasteiger partial charge in [-0.1, -0.05) is 35.9 Å². The van der Waals surface area contributed by atoms with Crippen molar-refractivity contribution in [2.24, 2.45) is 0 Å². The molecule has 0 fully saturated rings. The van der Waals surface area contributed by atoms with Gasteiger partial charge >= 0.3 is 0 Å². The van der Waals surface area contributed by atoms with E-state index in [0.29, 0.717) is 11.1 Å². The van der Waals surface area contributed by atoms with Gasteiger partial charge in [0, 0.05) is 22.3 Å². The SMILES string of the molecule is Cc1ccc(S(=O)(=O)O)c(-c2cc(C)c3c(c2)C(=O)c2cccc(O)c2C3=O)c1. The van der Waals surface area contributed by atoms with E-state index in [0.717, 1.165) is 5.56 Å². The molecule has 0 radical (unpaired) electrons. The Morgan fingerprint density at radius 2 is 1.52 bits per heavy atom. The Morgan fingerprint density at radius 3 is 2.21 bits per heavy atom. The molecule has 3 aromatic rings. The lowest BCUT2D eigenvalue weighted by Gasteiger charge is -2.21. The highest BCUT2D eigenvalue weighted by atomic mass is 32.2. The fourth-order valence-corrected chi connectivity index (χ4v) is 4.45. The van der Waals surface area contributed by atoms with Crippen molar-refractivity contribution in [3.8, 4) is 16.9 Å². The molecule has 0 saturated heterocycles. The minimum atomic E-state index is -4.50. The first-order chi connectivity index (χ1) is 13.6. The second-order valence-corrected chi connectivity index (χ2v) is 8.44. The van der Waals surface area contributed by atoms with Crippen LogP contribution in [0.15, 0.2) is 53.4 Å². The quantitative estimate of drug-likeness (QED) is 0.490. The smallest absolute Gasteiger partial charge is 0.295 e. The fraction of sp³-hybridized carbons (Fsp3) is 0.0909. The van der Waals surface area contributed by atoms with Crippen LogP contribution in [0.1, 0.15) is 43.0 Å². The van der Waals surface area contributed by atoms with Gasteiger partial charge in [-0.2, -0.15) is 8.42 Å². The van der Waals surface area contributed by atoms with E-state index in [1.807, 2.05) is 0 Å². The fourth-order valence-electron chi connectivity index (χ4n) is 3.76. The highest BCUT2D eigenvalue weighted by Crippen LogP contribution is 2.37. The van der Waals surface area contributed by atoms with Crippen LogP contribution in [0, 0.1) is 13.8 Å². The zero-order valence-electron chi connectivity index (χ0n) is 15.6. The lowest BCUT2D eigenvalue weighted by molar-refractivity contribution is 0.0976. The molecule has 0 saturated carbocycles. The number of phenols is 1. The standard InChI is InChI=1S/C22H16O6S/c1-11-6-7-18(29(26,27)28)15(8-11)13-9-12(2)19-16(10-13)21(24)14-4-3-5-17(23)20(14)22(19)25/h3-10,23H,1-2H3,(H,26,27,28). The maximum atomic E-state index is 13.1. The van der Waals surface area contributed by atoms with E-state index in [1.54, 1.807) is 32.0 Å². The van der Waals surface area contributed by atoms with Gasteiger partial charge in [0.05, 0.1) is 5.56 Å². The molecule has 1 aliphatic carbocycles. The Kier molecular flexibility index (Phi) is 4.18. The molecule has 29 heavy (non-hydrogen) atoms. The number of fused-ring (bicyclic) bond motifs is 2. The van der Waals surface area contributed by atoms with Gasteiger partial charge in [-0.05, 0) is 43.2 Å². The number of aryl methyl sites for hydroxylation is 2. The van der Waals surface area contributed by atoms with Crippen molar-refractivity contribution in [2.75, 3.05) is 0 Å². The number of carbonyl (C=O) groups excluding carboxylic acids is 2. The predicted octanol–water partition coefficient (Wildman–Crippen LogP) is 3.70. The number of carbonyl (C=O) groups is 2. The summed E-state index contributed by atoms with van der Waals surface area (Å²) in [5.41, 5.74) is 2.23. The molecule has 7 heteroatoms. The third-order valence-corrected chi connectivity index (χ3v) is 5.96. The van der Waals surface area contributed by atoms with Crippen LogP contribution in [-0.2, 0) is 10.1 Å². The zero-order valence-corrected chi connectivity index (χ0v) is 16.4. The van der Waals surface area contributed by atoms with E-state index in [1.165, 1.54) is 30.3 Å². The molecule has 0 unspecified atom stereocenters. The highest BCUT2D eigenvalue weighted by Gasteiger charge is 2.33. The van der Waals surface area contributed by atoms with Gasteiger partial charge in [0.2, 0.25) is 0 Å². The van der Waals surface area contributed by atoms with Gasteiger partial charge in [0.1, 0.15) is 10.6 Å². The maximum absolute atomic E-state index is 13.1. The van der Waals surface area contributed by atoms with E-state index >= 15 is 0 Å². The summed E-state index contributed by atoms with van der Waals surface area (Å²) in [6.07, 6.45) is 0. The normalized spacial score (nSPS) is 13.2. The first-order valence-corrected chi connectivity index (χ1v) is 10.2. The summed E-state index contributed by atoms with van der Waals surface area (Å²) in [7, 11) is -4.50. The Balaban J connectivity index is 2.01. The first kappa shape index (κ1) is 19.0. The van der Waals surface area contributed by atoms with Crippen molar-refractivity contribution in [3.05, 3.63) is 81.9 Å². The molecule has 2 N–H and O–H groups in total. The first-order valence-electron chi connectivity index (χ1n) is 8.74. The molecule has 0 spiro atoms. The van der Waals surface area contributed by atoms with E-state index in [4.69, 9.17) is 0 Å². The molecule has 1 aliphatic rings. The number of benzene rings is 3. The Bertz CT molecular complexity index is 1340. The summed E-state index contributed by atoms with van der Waals surface area (Å²) in [6, 6.07) is 11.8. The molecule has 0 atom stereocenters. The van der Waals surface area contributed by atoms with Crippen LogP contribution in [0.4, 0.5) is 0 Å². The average Bonchev–Trinajstić information content (AvgIpc) is 2.64. The molecular weight excluding hydrogens is 392 g/mol. The number of ketones is 2. The van der Waals surface area contributed by atoms with Crippen molar-refractivity contribution in [3.63, 3.8) is 0 Å². The molecule has 0 bridgehead atoms. The molecule has 0 heterocycles. The molecule has 6 nitrogen and oxygen atoms in total. The molecular formula is C22H16O6S. The predicted molar refractivity (Wildman–Crippen MR) is 106 cm³/mol. The Labute approximate surface area is 167 Å². The Morgan fingerprint density at radius 1 is 0.793 bits per heavy atom. The van der Waals surface area contributed by atoms with E-state index in [2.05, 4.69) is 0 Å². The molecule has 146 valence electrons. The molecule has 4 rings (SSSR count). The number of aromatic hydroxyl groups is 1. The number of rotatable bonds is 2. The summed E-state index contributed by atoms with van der Waals surface area (Å²) in [6.45, 7) is 3.41. The zero-order chi connectivity index (χ0) is 21.1. The lowest BCUT2D eigenvalue weighted by Crippen LogP contribution is -2.22. The summed E-state index contributed by atoms with van der Waals surface area (Å²) in [5.74, 6) is -1.16. The van der Waals surface area contributed by atoms with Crippen LogP contribution in [-0.4, -0.2) is 29.6 Å². The van der Waals surface area contributed by atoms with Crippen molar-refractivity contribution in [2.45, 2.75) is 18.7 Å². The average molecular weight is 408 g/mol. The van der Waals surface area contributed by atoms with Crippen LogP contribution in [0.3, 0.4) is 0 Å². The van der Waals surface area contributed by atoms with Crippen molar-refractivity contribution >= 4 is 21.7 Å². The number of phenolic OH excluding ortho intramolecular Hbond substituents is 1. The van der Waals surface area contributed by atoms with E-state index in [-0.39, 0.29) is 38.5 Å². The minimum absolute atomic E-state index is 0.0324. The van der Waals surface area contributed by atoms with Crippen LogP contribution in [0.2, 0.25) is 0 Å². The van der Waals surface area contributed by atoms with Crippen molar-refractivity contribution in [1.82, 2.24) is 0 Å². The third kappa shape index (κ3) is 2.95. The number of hydrogen-bond donors (Lipinski definition) is 2. The van der Waals surface area contributed by atoms with Crippen LogP contribution in [0.25, 0.3) is 11.1 Å². The highest BCUT2D eigenvalue weighted by molar-refractivity contribution is 7.86. The van der Waals surface area contributed by atoms with Crippen LogP contribution in [0.5, 0.6) is 5.75 Å². The van der Waals surface area contributed by atoms with Crippen molar-refractivity contribution in [1.29, 1.82) is 0 Å². The van der Waals surface area contributed by atoms with Gasteiger partial charge < -0.3 is 5.11 Å². The maximum Gasteiger partial charge on any atom is 0.295 e. The molecule has 0 aromatic heterocycles. The van der Waals surface area contributed by atoms with Crippen molar-refractivity contribution < 1.29 is 27.7 Å². The largest absolute Gasteiger partial charge is 0.507 e.